The van der Waals surface area contributed by atoms with Crippen LogP contribution in [0.1, 0.15) is 19.8 Å². The molecule has 0 saturated heterocycles. The maximum absolute atomic E-state index is 5.69. The number of unbranched alkanes of at least 4 members (excludes halogenated alkanes) is 1. The lowest BCUT2D eigenvalue weighted by atomic mass is 10.3. The number of fused-ring (bicyclic) bond motifs is 1. The molecule has 0 saturated carbocycles. The van der Waals surface area contributed by atoms with Crippen LogP contribution in [-0.2, 0) is 4.74 Å². The van der Waals surface area contributed by atoms with Crippen molar-refractivity contribution in [1.82, 2.24) is 4.98 Å². The molecule has 1 aromatic heterocycles. The monoisotopic (exact) mass is 266 g/mol. The molecule has 4 nitrogen and oxygen atoms in total. The number of thioether (sulfide) groups is 1. The number of nitrogens with two attached hydrogens (primary N) is 1. The van der Waals surface area contributed by atoms with E-state index in [1.54, 1.807) is 11.8 Å². The van der Waals surface area contributed by atoms with E-state index in [1.165, 1.54) is 6.42 Å². The number of rotatable bonds is 7. The molecular formula is C13H18N2O2S. The summed E-state index contributed by atoms with van der Waals surface area (Å²) in [6.45, 7) is 3.72. The highest BCUT2D eigenvalue weighted by Crippen LogP contribution is 2.24. The second kappa shape index (κ2) is 6.66. The molecule has 0 fully saturated rings. The maximum atomic E-state index is 5.69. The van der Waals surface area contributed by atoms with Gasteiger partial charge in [0, 0.05) is 18.0 Å². The number of anilines is 1. The number of nitrogens with zero attached hydrogens (tertiary/aromatic N) is 1. The van der Waals surface area contributed by atoms with E-state index in [2.05, 4.69) is 11.9 Å². The number of nitrogen functional groups attached to an aromatic ring is 1. The SMILES string of the molecule is CCCCOCCSc1nc2cc(N)ccc2o1. The topological polar surface area (TPSA) is 61.3 Å². The molecule has 2 aromatic rings. The first-order chi connectivity index (χ1) is 8.79. The third kappa shape index (κ3) is 3.65. The van der Waals surface area contributed by atoms with E-state index in [1.807, 2.05) is 18.2 Å². The molecule has 0 aliphatic rings. The minimum absolute atomic E-state index is 0.676. The minimum atomic E-state index is 0.676. The highest BCUT2D eigenvalue weighted by atomic mass is 32.2. The molecule has 0 aliphatic heterocycles. The van der Waals surface area contributed by atoms with Gasteiger partial charge in [0.25, 0.3) is 5.22 Å². The van der Waals surface area contributed by atoms with Gasteiger partial charge in [-0.15, -0.1) is 0 Å². The standard InChI is InChI=1S/C13H18N2O2S/c1-2-3-6-16-7-8-18-13-15-11-9-10(14)4-5-12(11)17-13/h4-5,9H,2-3,6-8,14H2,1H3. The van der Waals surface area contributed by atoms with Crippen molar-refractivity contribution >= 4 is 28.5 Å². The smallest absolute Gasteiger partial charge is 0.256 e. The van der Waals surface area contributed by atoms with Crippen molar-refractivity contribution in [3.8, 4) is 0 Å². The fraction of sp³-hybridized carbons (Fsp3) is 0.462. The highest BCUT2D eigenvalue weighted by Gasteiger charge is 2.06. The van der Waals surface area contributed by atoms with Crippen LogP contribution in [-0.4, -0.2) is 24.0 Å². The number of ether oxygens (including phenoxy) is 1. The van der Waals surface area contributed by atoms with Gasteiger partial charge in [0.05, 0.1) is 6.61 Å². The minimum Gasteiger partial charge on any atom is -0.431 e. The molecule has 0 amide bonds. The predicted molar refractivity (Wildman–Crippen MR) is 74.9 cm³/mol. The molecular weight excluding hydrogens is 248 g/mol. The molecule has 0 atom stereocenters. The van der Waals surface area contributed by atoms with E-state index in [0.717, 1.165) is 36.5 Å². The summed E-state index contributed by atoms with van der Waals surface area (Å²) in [5, 5.41) is 0.676. The number of hydrogen-bond acceptors (Lipinski definition) is 5. The van der Waals surface area contributed by atoms with Gasteiger partial charge in [0.2, 0.25) is 0 Å². The molecule has 0 bridgehead atoms. The number of hydrogen-bond donors (Lipinski definition) is 1. The van der Waals surface area contributed by atoms with Crippen molar-refractivity contribution in [1.29, 1.82) is 0 Å². The first-order valence-corrected chi connectivity index (χ1v) is 7.15. The molecule has 98 valence electrons. The van der Waals surface area contributed by atoms with E-state index in [4.69, 9.17) is 14.9 Å². The van der Waals surface area contributed by atoms with Crippen LogP contribution >= 0.6 is 11.8 Å². The Hall–Kier alpha value is -1.20. The van der Waals surface area contributed by atoms with Gasteiger partial charge >= 0.3 is 0 Å². The molecule has 0 radical (unpaired) electrons. The van der Waals surface area contributed by atoms with E-state index >= 15 is 0 Å². The Kier molecular flexibility index (Phi) is 4.90. The predicted octanol–water partition coefficient (Wildman–Crippen LogP) is 3.32. The first kappa shape index (κ1) is 13.2. The summed E-state index contributed by atoms with van der Waals surface area (Å²) in [5.74, 6) is 0.853. The van der Waals surface area contributed by atoms with Gasteiger partial charge in [-0.3, -0.25) is 0 Å². The highest BCUT2D eigenvalue weighted by molar-refractivity contribution is 7.99. The van der Waals surface area contributed by atoms with Crippen LogP contribution in [0.4, 0.5) is 5.69 Å². The number of benzene rings is 1. The molecule has 0 unspecified atom stereocenters. The Morgan fingerprint density at radius 2 is 2.28 bits per heavy atom. The zero-order valence-corrected chi connectivity index (χ0v) is 11.3. The summed E-state index contributed by atoms with van der Waals surface area (Å²) in [5.41, 5.74) is 7.98. The van der Waals surface area contributed by atoms with Crippen LogP contribution in [0, 0.1) is 0 Å². The molecule has 5 heteroatoms. The van der Waals surface area contributed by atoms with E-state index in [-0.39, 0.29) is 0 Å². The summed E-state index contributed by atoms with van der Waals surface area (Å²) in [6, 6.07) is 5.48. The Balaban J connectivity index is 1.81. The van der Waals surface area contributed by atoms with Crippen LogP contribution in [0.3, 0.4) is 0 Å². The number of aromatic nitrogens is 1. The molecule has 2 N–H and O–H groups in total. The second-order valence-corrected chi connectivity index (χ2v) is 5.07. The Morgan fingerprint density at radius 3 is 3.11 bits per heavy atom. The lowest BCUT2D eigenvalue weighted by Crippen LogP contribution is -1.98. The van der Waals surface area contributed by atoms with Crippen molar-refractivity contribution in [2.24, 2.45) is 0 Å². The molecule has 1 aromatic carbocycles. The fourth-order valence-corrected chi connectivity index (χ4v) is 2.21. The lowest BCUT2D eigenvalue weighted by Gasteiger charge is -2.00. The van der Waals surface area contributed by atoms with Crippen molar-refractivity contribution in [2.75, 3.05) is 24.7 Å². The Labute approximate surface area is 111 Å². The third-order valence-corrected chi connectivity index (χ3v) is 3.28. The quantitative estimate of drug-likeness (QED) is 0.473. The zero-order chi connectivity index (χ0) is 12.8. The molecule has 1 heterocycles. The maximum Gasteiger partial charge on any atom is 0.256 e. The molecule has 0 spiro atoms. The zero-order valence-electron chi connectivity index (χ0n) is 10.5. The Morgan fingerprint density at radius 1 is 1.39 bits per heavy atom. The molecule has 2 rings (SSSR count). The second-order valence-electron chi connectivity index (χ2n) is 4.02. The van der Waals surface area contributed by atoms with Gasteiger partial charge in [0.15, 0.2) is 5.58 Å². The number of oxazole rings is 1. The van der Waals surface area contributed by atoms with Gasteiger partial charge in [-0.1, -0.05) is 25.1 Å². The largest absolute Gasteiger partial charge is 0.431 e. The molecule has 18 heavy (non-hydrogen) atoms. The first-order valence-electron chi connectivity index (χ1n) is 6.16. The van der Waals surface area contributed by atoms with Crippen LogP contribution < -0.4 is 5.73 Å². The van der Waals surface area contributed by atoms with Crippen LogP contribution in [0.25, 0.3) is 11.1 Å². The van der Waals surface area contributed by atoms with Crippen molar-refractivity contribution < 1.29 is 9.15 Å². The van der Waals surface area contributed by atoms with Gasteiger partial charge < -0.3 is 14.9 Å². The summed E-state index contributed by atoms with van der Waals surface area (Å²) in [6.07, 6.45) is 2.28. The normalized spacial score (nSPS) is 11.2. The van der Waals surface area contributed by atoms with Gasteiger partial charge in [-0.25, -0.2) is 4.98 Å². The van der Waals surface area contributed by atoms with Crippen molar-refractivity contribution in [3.63, 3.8) is 0 Å². The van der Waals surface area contributed by atoms with Crippen LogP contribution in [0.2, 0.25) is 0 Å². The van der Waals surface area contributed by atoms with Crippen LogP contribution in [0.15, 0.2) is 27.8 Å². The van der Waals surface area contributed by atoms with E-state index < -0.39 is 0 Å². The van der Waals surface area contributed by atoms with E-state index in [0.29, 0.717) is 10.9 Å². The lowest BCUT2D eigenvalue weighted by molar-refractivity contribution is 0.147. The summed E-state index contributed by atoms with van der Waals surface area (Å²) >= 11 is 1.57. The summed E-state index contributed by atoms with van der Waals surface area (Å²) in [7, 11) is 0. The summed E-state index contributed by atoms with van der Waals surface area (Å²) < 4.78 is 11.1. The van der Waals surface area contributed by atoms with Gasteiger partial charge in [-0.05, 0) is 24.6 Å². The Bertz CT molecular complexity index is 499. The average molecular weight is 266 g/mol. The summed E-state index contributed by atoms with van der Waals surface area (Å²) in [4.78, 5) is 4.37. The van der Waals surface area contributed by atoms with E-state index in [9.17, 15) is 0 Å². The van der Waals surface area contributed by atoms with Crippen molar-refractivity contribution in [2.45, 2.75) is 25.0 Å². The fourth-order valence-electron chi connectivity index (χ4n) is 1.52. The van der Waals surface area contributed by atoms with Gasteiger partial charge in [-0.2, -0.15) is 0 Å². The van der Waals surface area contributed by atoms with Crippen LogP contribution in [0.5, 0.6) is 0 Å². The molecule has 0 aliphatic carbocycles. The van der Waals surface area contributed by atoms with Crippen molar-refractivity contribution in [3.05, 3.63) is 18.2 Å². The third-order valence-electron chi connectivity index (χ3n) is 2.49. The average Bonchev–Trinajstić information content (AvgIpc) is 2.75. The van der Waals surface area contributed by atoms with Gasteiger partial charge in [0.1, 0.15) is 5.52 Å².